The Hall–Kier alpha value is -3.87. The Morgan fingerprint density at radius 1 is 1.10 bits per heavy atom. The number of piperidine rings is 1. The van der Waals surface area contributed by atoms with Crippen LogP contribution in [0, 0.1) is 23.0 Å². The number of nitrogens with one attached hydrogen (secondary N) is 2. The molecule has 1 unspecified atom stereocenters. The highest BCUT2D eigenvalue weighted by molar-refractivity contribution is 6.33. The number of likely N-dealkylation sites (tertiary alicyclic amines) is 1. The second kappa shape index (κ2) is 12.3. The van der Waals surface area contributed by atoms with E-state index in [1.54, 1.807) is 24.3 Å². The summed E-state index contributed by atoms with van der Waals surface area (Å²) in [6.45, 7) is 4.08. The van der Waals surface area contributed by atoms with Crippen LogP contribution in [0.25, 0.3) is 11.3 Å². The van der Waals surface area contributed by atoms with Crippen LogP contribution in [0.1, 0.15) is 35.7 Å². The first-order valence-corrected chi connectivity index (χ1v) is 13.0. The molecule has 1 saturated heterocycles. The van der Waals surface area contributed by atoms with E-state index < -0.39 is 41.5 Å². The highest BCUT2D eigenvalue weighted by Gasteiger charge is 2.38. The van der Waals surface area contributed by atoms with Gasteiger partial charge in [0.15, 0.2) is 0 Å². The van der Waals surface area contributed by atoms with E-state index in [1.807, 2.05) is 13.0 Å². The summed E-state index contributed by atoms with van der Waals surface area (Å²) in [6, 6.07) is 14.5. The molecule has 2 N–H and O–H groups in total. The Bertz CT molecular complexity index is 1360. The average molecular weight is 552 g/mol. The van der Waals surface area contributed by atoms with Gasteiger partial charge in [0.2, 0.25) is 5.91 Å². The van der Waals surface area contributed by atoms with Gasteiger partial charge in [-0.1, -0.05) is 42.8 Å². The van der Waals surface area contributed by atoms with Crippen LogP contribution < -0.4 is 10.6 Å². The fourth-order valence-corrected chi connectivity index (χ4v) is 4.81. The molecule has 0 radical (unpaired) electrons. The Morgan fingerprint density at radius 2 is 1.79 bits per heavy atom. The molecule has 7 nitrogen and oxygen atoms in total. The van der Waals surface area contributed by atoms with Gasteiger partial charge in [-0.15, -0.1) is 0 Å². The number of nitrogens with zero attached hydrogens (tertiary/aromatic N) is 3. The van der Waals surface area contributed by atoms with Gasteiger partial charge in [-0.05, 0) is 49.7 Å². The van der Waals surface area contributed by atoms with Crippen LogP contribution in [0.3, 0.4) is 0 Å². The van der Waals surface area contributed by atoms with Gasteiger partial charge in [0.05, 0.1) is 17.3 Å². The number of halogens is 3. The number of hydrogen-bond donors (Lipinski definition) is 2. The van der Waals surface area contributed by atoms with E-state index in [0.717, 1.165) is 18.7 Å². The summed E-state index contributed by atoms with van der Waals surface area (Å²) in [4.78, 5) is 33.0. The third-order valence-corrected chi connectivity index (χ3v) is 7.33. The smallest absolute Gasteiger partial charge is 0.253 e. The van der Waals surface area contributed by atoms with Crippen LogP contribution >= 0.6 is 11.6 Å². The first-order chi connectivity index (χ1) is 18.7. The summed E-state index contributed by atoms with van der Waals surface area (Å²) < 4.78 is 29.0. The van der Waals surface area contributed by atoms with Crippen molar-refractivity contribution in [2.24, 2.45) is 0 Å². The van der Waals surface area contributed by atoms with E-state index in [2.05, 4.69) is 26.6 Å². The van der Waals surface area contributed by atoms with Gasteiger partial charge in [0.1, 0.15) is 23.2 Å². The van der Waals surface area contributed by atoms with E-state index in [0.29, 0.717) is 42.2 Å². The van der Waals surface area contributed by atoms with Crippen molar-refractivity contribution in [2.75, 3.05) is 19.6 Å². The molecule has 1 aliphatic heterocycles. The lowest BCUT2D eigenvalue weighted by atomic mass is 9.88. The number of carbonyl (C=O) groups excluding carboxylic acids is 2. The molecule has 202 valence electrons. The number of carbonyl (C=O) groups is 2. The molecule has 3 aromatic rings. The van der Waals surface area contributed by atoms with Gasteiger partial charge in [-0.3, -0.25) is 14.6 Å². The third-order valence-electron chi connectivity index (χ3n) is 7.00. The monoisotopic (exact) mass is 551 g/mol. The summed E-state index contributed by atoms with van der Waals surface area (Å²) in [5.41, 5.74) is -0.0955. The largest absolute Gasteiger partial charge is 0.340 e. The molecule has 39 heavy (non-hydrogen) atoms. The predicted molar refractivity (Wildman–Crippen MR) is 144 cm³/mol. The standard InChI is InChI=1S/C29H28ClF2N5O2/c1-2-37-14-12-29(18-33,13-15-37)36-28(39)26(16-21-23(31)8-5-9-24(21)32)35-27(38)19-10-11-25(34-17-19)20-6-3-4-7-22(20)30/h3-11,17,26H,2,12-16H2,1H3,(H,35,38)(H,36,39). The van der Waals surface area contributed by atoms with Crippen LogP contribution in [0.15, 0.2) is 60.8 Å². The zero-order valence-electron chi connectivity index (χ0n) is 21.4. The minimum Gasteiger partial charge on any atom is -0.340 e. The highest BCUT2D eigenvalue weighted by atomic mass is 35.5. The number of rotatable bonds is 8. The maximum absolute atomic E-state index is 14.5. The maximum atomic E-state index is 14.5. The van der Waals surface area contributed by atoms with Crippen molar-refractivity contribution >= 4 is 23.4 Å². The number of aromatic nitrogens is 1. The molecule has 0 saturated carbocycles. The summed E-state index contributed by atoms with van der Waals surface area (Å²) in [5, 5.41) is 15.8. The molecule has 10 heteroatoms. The van der Waals surface area contributed by atoms with Crippen molar-refractivity contribution in [1.29, 1.82) is 5.26 Å². The van der Waals surface area contributed by atoms with Crippen molar-refractivity contribution in [3.63, 3.8) is 0 Å². The van der Waals surface area contributed by atoms with Gasteiger partial charge in [0.25, 0.3) is 5.91 Å². The number of benzene rings is 2. The van der Waals surface area contributed by atoms with Crippen LogP contribution in [0.4, 0.5) is 8.78 Å². The molecule has 1 atom stereocenters. The van der Waals surface area contributed by atoms with E-state index >= 15 is 0 Å². The third kappa shape index (κ3) is 6.59. The van der Waals surface area contributed by atoms with Crippen molar-refractivity contribution in [1.82, 2.24) is 20.5 Å². The molecule has 2 aromatic carbocycles. The summed E-state index contributed by atoms with van der Waals surface area (Å²) in [5.74, 6) is -3.02. The van der Waals surface area contributed by atoms with Crippen LogP contribution in [-0.2, 0) is 11.2 Å². The van der Waals surface area contributed by atoms with Crippen LogP contribution in [0.5, 0.6) is 0 Å². The van der Waals surface area contributed by atoms with Crippen molar-refractivity contribution in [2.45, 2.75) is 37.8 Å². The SMILES string of the molecule is CCN1CCC(C#N)(NC(=O)C(Cc2c(F)cccc2F)NC(=O)c2ccc(-c3ccccc3Cl)nc2)CC1. The Balaban J connectivity index is 1.56. The molecule has 4 rings (SSSR count). The fraction of sp³-hybridized carbons (Fsp3) is 0.310. The molecular weight excluding hydrogens is 524 g/mol. The minimum atomic E-state index is -1.35. The summed E-state index contributed by atoms with van der Waals surface area (Å²) in [6.07, 6.45) is 1.68. The van der Waals surface area contributed by atoms with Gasteiger partial charge in [-0.2, -0.15) is 5.26 Å². The highest BCUT2D eigenvalue weighted by Crippen LogP contribution is 2.26. The molecule has 0 bridgehead atoms. The van der Waals surface area contributed by atoms with E-state index in [1.165, 1.54) is 18.3 Å². The Labute approximate surface area is 230 Å². The first kappa shape index (κ1) is 28.1. The van der Waals surface area contributed by atoms with Gasteiger partial charge < -0.3 is 15.5 Å². The number of amides is 2. The van der Waals surface area contributed by atoms with Gasteiger partial charge in [-0.25, -0.2) is 8.78 Å². The lowest BCUT2D eigenvalue weighted by Gasteiger charge is -2.38. The lowest BCUT2D eigenvalue weighted by Crippen LogP contribution is -2.59. The number of pyridine rings is 1. The molecule has 0 spiro atoms. The van der Waals surface area contributed by atoms with E-state index in [9.17, 15) is 23.6 Å². The van der Waals surface area contributed by atoms with Gasteiger partial charge >= 0.3 is 0 Å². The minimum absolute atomic E-state index is 0.142. The zero-order chi connectivity index (χ0) is 28.0. The first-order valence-electron chi connectivity index (χ1n) is 12.7. The molecule has 2 heterocycles. The summed E-state index contributed by atoms with van der Waals surface area (Å²) >= 11 is 6.24. The topological polar surface area (TPSA) is 98.1 Å². The normalized spacial score (nSPS) is 15.7. The number of hydrogen-bond acceptors (Lipinski definition) is 5. The van der Waals surface area contributed by atoms with Crippen molar-refractivity contribution < 1.29 is 18.4 Å². The van der Waals surface area contributed by atoms with Crippen molar-refractivity contribution in [3.05, 3.63) is 88.6 Å². The zero-order valence-corrected chi connectivity index (χ0v) is 22.1. The Morgan fingerprint density at radius 3 is 2.38 bits per heavy atom. The van der Waals surface area contributed by atoms with E-state index in [-0.39, 0.29) is 11.1 Å². The van der Waals surface area contributed by atoms with Crippen molar-refractivity contribution in [3.8, 4) is 17.3 Å². The molecule has 1 fully saturated rings. The second-order valence-electron chi connectivity index (χ2n) is 9.46. The number of nitriles is 1. The lowest BCUT2D eigenvalue weighted by molar-refractivity contribution is -0.124. The predicted octanol–water partition coefficient (Wildman–Crippen LogP) is 4.52. The fourth-order valence-electron chi connectivity index (χ4n) is 4.58. The quantitative estimate of drug-likeness (QED) is 0.429. The van der Waals surface area contributed by atoms with Gasteiger partial charge in [0, 0.05) is 41.9 Å². The molecular formula is C29H28ClF2N5O2. The average Bonchev–Trinajstić information content (AvgIpc) is 2.95. The molecule has 0 aliphatic carbocycles. The summed E-state index contributed by atoms with van der Waals surface area (Å²) in [7, 11) is 0. The maximum Gasteiger partial charge on any atom is 0.253 e. The second-order valence-corrected chi connectivity index (χ2v) is 9.87. The molecule has 1 aromatic heterocycles. The van der Waals surface area contributed by atoms with Crippen LogP contribution in [-0.4, -0.2) is 52.9 Å². The van der Waals surface area contributed by atoms with E-state index in [4.69, 9.17) is 11.6 Å². The van der Waals surface area contributed by atoms with Crippen LogP contribution in [0.2, 0.25) is 5.02 Å². The molecule has 2 amide bonds. The Kier molecular flexibility index (Phi) is 8.90. The molecule has 1 aliphatic rings.